The third-order valence-electron chi connectivity index (χ3n) is 16.9. The Hall–Kier alpha value is -8.41. The van der Waals surface area contributed by atoms with Crippen LogP contribution in [0.3, 0.4) is 0 Å². The molecular weight excluding hydrogens is 1300 g/mol. The Balaban J connectivity index is 0.000000179. The lowest BCUT2D eigenvalue weighted by atomic mass is 9.86. The highest BCUT2D eigenvalue weighted by Crippen LogP contribution is 2.41. The topological polar surface area (TPSA) is 270 Å². The molecule has 3 aliphatic carbocycles. The summed E-state index contributed by atoms with van der Waals surface area (Å²) >= 11 is 21.3. The van der Waals surface area contributed by atoms with Crippen molar-refractivity contribution >= 4 is 103 Å². The van der Waals surface area contributed by atoms with Crippen molar-refractivity contribution in [1.82, 2.24) is 40.7 Å². The predicted molar refractivity (Wildman–Crippen MR) is 353 cm³/mol. The molecule has 0 aliphatic heterocycles. The molecule has 3 saturated carbocycles. The Labute approximate surface area is 557 Å². The van der Waals surface area contributed by atoms with E-state index in [9.17, 15) is 43.2 Å². The molecule has 6 atom stereocenters. The second-order valence-electron chi connectivity index (χ2n) is 23.8. The Bertz CT molecular complexity index is 4110. The van der Waals surface area contributed by atoms with E-state index in [-0.39, 0.29) is 106 Å². The Morgan fingerprint density at radius 1 is 0.576 bits per heavy atom. The van der Waals surface area contributed by atoms with E-state index in [1.165, 1.54) is 12.3 Å². The number of amides is 3. The molecule has 0 spiro atoms. The van der Waals surface area contributed by atoms with E-state index in [1.54, 1.807) is 54.5 Å². The highest BCUT2D eigenvalue weighted by atomic mass is 79.9. The van der Waals surface area contributed by atoms with Crippen LogP contribution in [0.1, 0.15) is 160 Å². The third kappa shape index (κ3) is 16.1. The van der Waals surface area contributed by atoms with Crippen molar-refractivity contribution in [3.05, 3.63) is 201 Å². The minimum Gasteiger partial charge on any atom is -0.352 e. The van der Waals surface area contributed by atoms with Crippen molar-refractivity contribution < 1.29 is 43.2 Å². The van der Waals surface area contributed by atoms with Crippen LogP contribution in [0, 0.1) is 91.4 Å². The van der Waals surface area contributed by atoms with Gasteiger partial charge in [-0.15, -0.1) is 0 Å². The number of ketones is 6. The van der Waals surface area contributed by atoms with E-state index in [0.29, 0.717) is 53.1 Å². The number of halogens is 4. The van der Waals surface area contributed by atoms with Gasteiger partial charge in [0.15, 0.2) is 17.3 Å². The fraction of sp³-hybridized carbons (Fsp3) is 0.343. The summed E-state index contributed by atoms with van der Waals surface area (Å²) in [5, 5.41) is 22.1. The molecule has 18 nitrogen and oxygen atoms in total. The SMILES string of the molecule is Cc1cc(-n2cc(Cl)cn2)cc(C)c1C1C(=O)CC(CCNC(=O)c2ncc(C#N)cc2Cl)C1=O.Cc1cc(C)c(C2C(=O)CC(CCNC(=O)c3ccc(C)nc3Cl)C2=O)c(C)c1.Cc1cc(C)c(C2C(=O)CC(CCNC(=O)c3cccnc3Br)C2=O)c(C)c1. The van der Waals surface area contributed by atoms with Crippen LogP contribution in [-0.4, -0.2) is 96.8 Å². The van der Waals surface area contributed by atoms with Crippen molar-refractivity contribution in [3.8, 4) is 11.8 Å². The number of rotatable bonds is 16. The van der Waals surface area contributed by atoms with Crippen LogP contribution in [0.4, 0.5) is 0 Å². The summed E-state index contributed by atoms with van der Waals surface area (Å²) in [4.78, 5) is 126. The molecule has 3 fully saturated rings. The van der Waals surface area contributed by atoms with Crippen LogP contribution in [0.25, 0.3) is 5.69 Å². The van der Waals surface area contributed by atoms with Gasteiger partial charge in [0.1, 0.15) is 56.6 Å². The predicted octanol–water partition coefficient (Wildman–Crippen LogP) is 12.0. The van der Waals surface area contributed by atoms with Gasteiger partial charge in [0.05, 0.1) is 38.6 Å². The number of carbonyl (C=O) groups is 9. The van der Waals surface area contributed by atoms with Crippen LogP contribution in [-0.2, 0) is 28.8 Å². The summed E-state index contributed by atoms with van der Waals surface area (Å²) in [6, 6.07) is 21.8. The number of nitrogens with zero attached hydrogens (tertiary/aromatic N) is 6. The molecule has 4 aromatic heterocycles. The molecule has 6 unspecified atom stereocenters. The first kappa shape index (κ1) is 69.5. The van der Waals surface area contributed by atoms with Gasteiger partial charge >= 0.3 is 0 Å². The van der Waals surface area contributed by atoms with E-state index in [2.05, 4.69) is 51.9 Å². The highest BCUT2D eigenvalue weighted by Gasteiger charge is 2.45. The number of nitriles is 1. The van der Waals surface area contributed by atoms with Gasteiger partial charge < -0.3 is 16.0 Å². The fourth-order valence-corrected chi connectivity index (χ4v) is 13.9. The Morgan fingerprint density at radius 3 is 1.41 bits per heavy atom. The molecule has 3 aromatic carbocycles. The lowest BCUT2D eigenvalue weighted by Crippen LogP contribution is -2.28. The summed E-state index contributed by atoms with van der Waals surface area (Å²) in [5.74, 6) is -4.88. The van der Waals surface area contributed by atoms with Crippen LogP contribution in [0.2, 0.25) is 15.2 Å². The van der Waals surface area contributed by atoms with Gasteiger partial charge in [0.2, 0.25) is 0 Å². The molecule has 3 amide bonds. The van der Waals surface area contributed by atoms with Crippen molar-refractivity contribution in [1.29, 1.82) is 5.26 Å². The van der Waals surface area contributed by atoms with Gasteiger partial charge in [-0.1, -0.05) is 70.2 Å². The zero-order valence-corrected chi connectivity index (χ0v) is 56.2. The summed E-state index contributed by atoms with van der Waals surface area (Å²) < 4.78 is 2.12. The van der Waals surface area contributed by atoms with E-state index in [1.807, 2.05) is 97.9 Å². The van der Waals surface area contributed by atoms with Crippen LogP contribution in [0.15, 0.2) is 96.1 Å². The molecule has 4 heterocycles. The maximum atomic E-state index is 13.2. The number of aromatic nitrogens is 5. The van der Waals surface area contributed by atoms with E-state index >= 15 is 0 Å². The molecule has 22 heteroatoms. The number of hydrogen-bond acceptors (Lipinski definition) is 14. The molecule has 3 aliphatic rings. The number of aryl methyl sites for hydroxylation is 9. The van der Waals surface area contributed by atoms with Crippen LogP contribution < -0.4 is 16.0 Å². The number of benzene rings is 3. The van der Waals surface area contributed by atoms with Crippen LogP contribution in [0.5, 0.6) is 0 Å². The Kier molecular flexibility index (Phi) is 22.9. The normalized spacial score (nSPS) is 18.4. The molecule has 10 rings (SSSR count). The first-order chi connectivity index (χ1) is 43.7. The maximum Gasteiger partial charge on any atom is 0.271 e. The summed E-state index contributed by atoms with van der Waals surface area (Å²) in [5.41, 5.74) is 12.8. The van der Waals surface area contributed by atoms with Crippen molar-refractivity contribution in [2.75, 3.05) is 19.6 Å². The van der Waals surface area contributed by atoms with Gasteiger partial charge in [-0.2, -0.15) is 10.4 Å². The lowest BCUT2D eigenvalue weighted by Gasteiger charge is -2.17. The zero-order chi connectivity index (χ0) is 67.0. The van der Waals surface area contributed by atoms with Gasteiger partial charge in [0.25, 0.3) is 17.7 Å². The molecule has 3 N–H and O–H groups in total. The molecule has 0 radical (unpaired) electrons. The van der Waals surface area contributed by atoms with E-state index in [0.717, 1.165) is 72.6 Å². The summed E-state index contributed by atoms with van der Waals surface area (Å²) in [6.45, 7) is 18.2. The van der Waals surface area contributed by atoms with E-state index < -0.39 is 29.6 Å². The van der Waals surface area contributed by atoms with Gasteiger partial charge in [0, 0.05) is 80.9 Å². The summed E-state index contributed by atoms with van der Waals surface area (Å²) in [7, 11) is 0. The number of pyridine rings is 3. The second-order valence-corrected chi connectivity index (χ2v) is 25.7. The average Bonchev–Trinajstić information content (AvgIpc) is 1.69. The standard InChI is InChI=1S/C25H21Cl2N5O3.C23H25ClN2O3.C22H23BrN2O3/c1-13-5-18(32-12-17(26)11-31-32)6-14(2)21(13)22-20(33)8-16(24(22)34)3-4-29-25(35)23-19(27)7-15(9-28)10-30-23;1-12-9-13(2)19(14(3)10-12)20-18(27)11-16(21(20)28)7-8-25-23(29)17-6-5-15(4)26-22(17)24;1-12-9-13(2)18(14(3)10-12)19-17(26)11-15(20(19)27)6-8-25-22(28)16-5-4-7-24-21(16)23/h5-7,10-12,16,22H,3-4,8H2,1-2H3,(H,29,35);5-6,9-10,16,20H,7-8,11H2,1-4H3,(H,25,29);4-5,7,9-10,15,19H,6,8,11H2,1-3H3,(H,25,28). The smallest absolute Gasteiger partial charge is 0.271 e. The molecule has 92 heavy (non-hydrogen) atoms. The number of hydrogen-bond donors (Lipinski definition) is 3. The number of carbonyl (C=O) groups excluding carboxylic acids is 9. The fourth-order valence-electron chi connectivity index (χ4n) is 12.8. The average molecular weight is 1370 g/mol. The molecule has 0 saturated heterocycles. The highest BCUT2D eigenvalue weighted by molar-refractivity contribution is 9.10. The molecular formula is C70H69BrCl3N9O9. The Morgan fingerprint density at radius 2 is 1.01 bits per heavy atom. The minimum absolute atomic E-state index is 0.00202. The van der Waals surface area contributed by atoms with Crippen molar-refractivity contribution in [2.45, 2.75) is 119 Å². The van der Waals surface area contributed by atoms with Gasteiger partial charge in [-0.3, -0.25) is 43.2 Å². The quantitative estimate of drug-likeness (QED) is 0.0600. The number of nitrogens with one attached hydrogen (secondary N) is 3. The van der Waals surface area contributed by atoms with E-state index in [4.69, 9.17) is 40.1 Å². The maximum absolute atomic E-state index is 13.2. The first-order valence-electron chi connectivity index (χ1n) is 30.0. The lowest BCUT2D eigenvalue weighted by molar-refractivity contribution is -0.126. The van der Waals surface area contributed by atoms with Crippen molar-refractivity contribution in [3.63, 3.8) is 0 Å². The third-order valence-corrected chi connectivity index (χ3v) is 18.3. The largest absolute Gasteiger partial charge is 0.352 e. The molecule has 7 aromatic rings. The number of Topliss-reactive ketones (excluding diaryl/α,β-unsaturated/α-hetero) is 6. The minimum atomic E-state index is -0.819. The molecule has 476 valence electrons. The van der Waals surface area contributed by atoms with Crippen LogP contribution >= 0.6 is 50.7 Å². The molecule has 0 bridgehead atoms. The monoisotopic (exact) mass is 1360 g/mol. The second kappa shape index (κ2) is 30.4. The van der Waals surface area contributed by atoms with Gasteiger partial charge in [-0.25, -0.2) is 19.6 Å². The zero-order valence-electron chi connectivity index (χ0n) is 52.4. The van der Waals surface area contributed by atoms with Crippen molar-refractivity contribution in [2.24, 2.45) is 17.8 Å². The summed E-state index contributed by atoms with van der Waals surface area (Å²) in [6.07, 6.45) is 7.88. The first-order valence-corrected chi connectivity index (χ1v) is 31.9. The van der Waals surface area contributed by atoms with Gasteiger partial charge in [-0.05, 0) is 190 Å².